The van der Waals surface area contributed by atoms with E-state index in [0.29, 0.717) is 17.2 Å². The van der Waals surface area contributed by atoms with Gasteiger partial charge in [0.2, 0.25) is 0 Å². The van der Waals surface area contributed by atoms with Crippen molar-refractivity contribution in [2.24, 2.45) is 0 Å². The first-order valence-electron chi connectivity index (χ1n) is 7.09. The maximum atomic E-state index is 12.1. The fourth-order valence-electron chi connectivity index (χ4n) is 2.14. The molecule has 1 saturated carbocycles. The molecule has 0 radical (unpaired) electrons. The van der Waals surface area contributed by atoms with Crippen molar-refractivity contribution in [3.63, 3.8) is 0 Å². The maximum Gasteiger partial charge on any atom is 0.573 e. The van der Waals surface area contributed by atoms with Crippen molar-refractivity contribution in [3.8, 4) is 5.75 Å². The zero-order valence-electron chi connectivity index (χ0n) is 12.0. The van der Waals surface area contributed by atoms with Crippen LogP contribution in [-0.4, -0.2) is 22.5 Å². The Morgan fingerprint density at radius 2 is 2.00 bits per heavy atom. The molecule has 1 aromatic heterocycles. The van der Waals surface area contributed by atoms with Crippen LogP contribution in [0.1, 0.15) is 40.5 Å². The first kappa shape index (κ1) is 15.4. The third-order valence-electron chi connectivity index (χ3n) is 3.46. The van der Waals surface area contributed by atoms with Crippen molar-refractivity contribution in [1.82, 2.24) is 15.5 Å². The van der Waals surface area contributed by atoms with E-state index < -0.39 is 6.36 Å². The van der Waals surface area contributed by atoms with Crippen molar-refractivity contribution >= 4 is 5.91 Å². The number of hydrogen-bond donors (Lipinski definition) is 2. The summed E-state index contributed by atoms with van der Waals surface area (Å²) >= 11 is 0. The highest BCUT2D eigenvalue weighted by molar-refractivity contribution is 5.92. The number of carbonyl (C=O) groups excluding carboxylic acids is 1. The second-order valence-corrected chi connectivity index (χ2v) is 5.36. The van der Waals surface area contributed by atoms with E-state index in [1.165, 1.54) is 24.3 Å². The van der Waals surface area contributed by atoms with Gasteiger partial charge in [0.15, 0.2) is 0 Å². The fourth-order valence-corrected chi connectivity index (χ4v) is 2.14. The van der Waals surface area contributed by atoms with E-state index in [9.17, 15) is 18.0 Å². The minimum absolute atomic E-state index is 0.191. The van der Waals surface area contributed by atoms with Gasteiger partial charge in [-0.2, -0.15) is 5.10 Å². The SMILES string of the molecule is O=C(NCc1ccc(OC(F)(F)F)cc1)c1cc(C2CC2)[nH]n1. The van der Waals surface area contributed by atoms with E-state index in [-0.39, 0.29) is 18.2 Å². The maximum absolute atomic E-state index is 12.1. The number of ether oxygens (including phenoxy) is 1. The molecule has 3 rings (SSSR count). The lowest BCUT2D eigenvalue weighted by Crippen LogP contribution is -2.23. The lowest BCUT2D eigenvalue weighted by atomic mass is 10.2. The van der Waals surface area contributed by atoms with Crippen LogP contribution in [0.4, 0.5) is 13.2 Å². The number of nitrogens with one attached hydrogen (secondary N) is 2. The van der Waals surface area contributed by atoms with Crippen molar-refractivity contribution in [1.29, 1.82) is 0 Å². The van der Waals surface area contributed by atoms with Gasteiger partial charge in [-0.1, -0.05) is 12.1 Å². The van der Waals surface area contributed by atoms with E-state index in [1.807, 2.05) is 0 Å². The number of alkyl halides is 3. The highest BCUT2D eigenvalue weighted by Gasteiger charge is 2.31. The van der Waals surface area contributed by atoms with Crippen LogP contribution >= 0.6 is 0 Å². The Bertz CT molecular complexity index is 691. The monoisotopic (exact) mass is 325 g/mol. The average Bonchev–Trinajstić information content (AvgIpc) is 3.22. The minimum Gasteiger partial charge on any atom is -0.406 e. The number of nitrogens with zero attached hydrogens (tertiary/aromatic N) is 1. The Kier molecular flexibility index (Phi) is 3.97. The molecule has 1 aliphatic rings. The molecule has 5 nitrogen and oxygen atoms in total. The van der Waals surface area contributed by atoms with Gasteiger partial charge >= 0.3 is 6.36 Å². The minimum atomic E-state index is -4.71. The van der Waals surface area contributed by atoms with Gasteiger partial charge in [0.25, 0.3) is 5.91 Å². The van der Waals surface area contributed by atoms with Gasteiger partial charge in [-0.3, -0.25) is 9.89 Å². The molecule has 2 aromatic rings. The molecule has 1 heterocycles. The molecular weight excluding hydrogens is 311 g/mol. The third-order valence-corrected chi connectivity index (χ3v) is 3.46. The number of benzene rings is 1. The summed E-state index contributed by atoms with van der Waals surface area (Å²) in [5.41, 5.74) is 1.93. The second kappa shape index (κ2) is 5.94. The van der Waals surface area contributed by atoms with Gasteiger partial charge in [-0.25, -0.2) is 0 Å². The number of carbonyl (C=O) groups is 1. The smallest absolute Gasteiger partial charge is 0.406 e. The van der Waals surface area contributed by atoms with Crippen LogP contribution in [0.2, 0.25) is 0 Å². The van der Waals surface area contributed by atoms with Crippen LogP contribution in [0.15, 0.2) is 30.3 Å². The highest BCUT2D eigenvalue weighted by Crippen LogP contribution is 2.38. The Balaban J connectivity index is 1.53. The predicted octanol–water partition coefficient (Wildman–Crippen LogP) is 3.12. The molecule has 8 heteroatoms. The van der Waals surface area contributed by atoms with E-state index in [4.69, 9.17) is 0 Å². The number of rotatable bonds is 5. The summed E-state index contributed by atoms with van der Waals surface area (Å²) in [5, 5.41) is 9.48. The summed E-state index contributed by atoms with van der Waals surface area (Å²) in [7, 11) is 0. The fraction of sp³-hybridized carbons (Fsp3) is 0.333. The molecule has 1 aromatic carbocycles. The predicted molar refractivity (Wildman–Crippen MR) is 74.9 cm³/mol. The topological polar surface area (TPSA) is 67.0 Å². The number of H-pyrrole nitrogens is 1. The van der Waals surface area contributed by atoms with E-state index in [1.54, 1.807) is 6.07 Å². The molecule has 0 atom stereocenters. The van der Waals surface area contributed by atoms with Crippen molar-refractivity contribution in [2.45, 2.75) is 31.7 Å². The van der Waals surface area contributed by atoms with Crippen molar-refractivity contribution < 1.29 is 22.7 Å². The third kappa shape index (κ3) is 4.24. The highest BCUT2D eigenvalue weighted by atomic mass is 19.4. The Morgan fingerprint density at radius 1 is 1.30 bits per heavy atom. The molecule has 0 unspecified atom stereocenters. The number of aromatic amines is 1. The van der Waals surface area contributed by atoms with Crippen LogP contribution in [0, 0.1) is 0 Å². The average molecular weight is 325 g/mol. The Labute approximate surface area is 129 Å². The second-order valence-electron chi connectivity index (χ2n) is 5.36. The van der Waals surface area contributed by atoms with Gasteiger partial charge in [-0.15, -0.1) is 13.2 Å². The first-order chi connectivity index (χ1) is 10.9. The molecule has 1 aliphatic carbocycles. The summed E-state index contributed by atoms with van der Waals surface area (Å²) in [6.45, 7) is 0.191. The van der Waals surface area contributed by atoms with E-state index >= 15 is 0 Å². The molecule has 0 aliphatic heterocycles. The lowest BCUT2D eigenvalue weighted by molar-refractivity contribution is -0.274. The normalized spacial score (nSPS) is 14.6. The van der Waals surface area contributed by atoms with Gasteiger partial charge < -0.3 is 10.1 Å². The summed E-state index contributed by atoms with van der Waals surface area (Å²) < 4.78 is 40.0. The van der Waals surface area contributed by atoms with E-state index in [0.717, 1.165) is 18.5 Å². The largest absolute Gasteiger partial charge is 0.573 e. The van der Waals surface area contributed by atoms with E-state index in [2.05, 4.69) is 20.3 Å². The summed E-state index contributed by atoms with van der Waals surface area (Å²) in [6.07, 6.45) is -2.50. The number of amides is 1. The molecule has 1 fully saturated rings. The quantitative estimate of drug-likeness (QED) is 0.887. The molecule has 122 valence electrons. The number of aromatic nitrogens is 2. The van der Waals surface area contributed by atoms with Gasteiger partial charge in [0, 0.05) is 18.2 Å². The zero-order chi connectivity index (χ0) is 16.4. The van der Waals surface area contributed by atoms with Gasteiger partial charge in [-0.05, 0) is 36.6 Å². The summed E-state index contributed by atoms with van der Waals surface area (Å²) in [6, 6.07) is 7.06. The summed E-state index contributed by atoms with van der Waals surface area (Å²) in [4.78, 5) is 12.0. The van der Waals surface area contributed by atoms with Crippen LogP contribution in [-0.2, 0) is 6.54 Å². The Morgan fingerprint density at radius 3 is 2.61 bits per heavy atom. The number of hydrogen-bond acceptors (Lipinski definition) is 3. The number of halogens is 3. The molecule has 0 spiro atoms. The zero-order valence-corrected chi connectivity index (χ0v) is 12.0. The van der Waals surface area contributed by atoms with Crippen molar-refractivity contribution in [2.75, 3.05) is 0 Å². The molecule has 0 bridgehead atoms. The molecular formula is C15H14F3N3O2. The van der Waals surface area contributed by atoms with Crippen LogP contribution in [0.25, 0.3) is 0 Å². The lowest BCUT2D eigenvalue weighted by Gasteiger charge is -2.09. The van der Waals surface area contributed by atoms with Crippen LogP contribution in [0.5, 0.6) is 5.75 Å². The van der Waals surface area contributed by atoms with Crippen LogP contribution in [0.3, 0.4) is 0 Å². The van der Waals surface area contributed by atoms with Gasteiger partial charge in [0.05, 0.1) is 0 Å². The summed E-state index contributed by atoms with van der Waals surface area (Å²) in [5.74, 6) is -0.150. The van der Waals surface area contributed by atoms with Gasteiger partial charge in [0.1, 0.15) is 11.4 Å². The standard InChI is InChI=1S/C15H14F3N3O2/c16-15(17,18)23-11-5-1-9(2-6-11)8-19-14(22)13-7-12(20-21-13)10-3-4-10/h1-2,5-7,10H,3-4,8H2,(H,19,22)(H,20,21). The van der Waals surface area contributed by atoms with Crippen molar-refractivity contribution in [3.05, 3.63) is 47.3 Å². The molecule has 1 amide bonds. The molecule has 0 saturated heterocycles. The molecule has 2 N–H and O–H groups in total. The molecule has 23 heavy (non-hydrogen) atoms. The van der Waals surface area contributed by atoms with Crippen LogP contribution < -0.4 is 10.1 Å². The first-order valence-corrected chi connectivity index (χ1v) is 7.09. The Hall–Kier alpha value is -2.51.